The minimum atomic E-state index is -4.62. The van der Waals surface area contributed by atoms with E-state index >= 15 is 0 Å². The van der Waals surface area contributed by atoms with Gasteiger partial charge in [-0.25, -0.2) is 4.98 Å². The Morgan fingerprint density at radius 2 is 1.82 bits per heavy atom. The molecule has 0 saturated heterocycles. The lowest BCUT2D eigenvalue weighted by molar-refractivity contribution is -0.141. The van der Waals surface area contributed by atoms with Crippen molar-refractivity contribution < 1.29 is 18.0 Å². The van der Waals surface area contributed by atoms with Crippen LogP contribution in [-0.2, 0) is 6.18 Å². The number of rotatable bonds is 3. The smallest absolute Gasteiger partial charge is 0.322 e. The molecule has 0 bridgehead atoms. The molecular weight excluding hydrogens is 391 g/mol. The van der Waals surface area contributed by atoms with Crippen molar-refractivity contribution in [3.63, 3.8) is 0 Å². The Balaban J connectivity index is 1.90. The number of halogens is 4. The summed E-state index contributed by atoms with van der Waals surface area (Å²) >= 11 is 6.03. The molecule has 0 aliphatic heterocycles. The summed E-state index contributed by atoms with van der Waals surface area (Å²) in [7, 11) is 0. The maximum absolute atomic E-state index is 12.8. The summed E-state index contributed by atoms with van der Waals surface area (Å²) in [6.45, 7) is 3.72. The van der Waals surface area contributed by atoms with Gasteiger partial charge in [-0.1, -0.05) is 17.7 Å². The van der Waals surface area contributed by atoms with E-state index in [1.165, 1.54) is 6.07 Å². The summed E-state index contributed by atoms with van der Waals surface area (Å²) in [5.74, 6) is -0.661. The van der Waals surface area contributed by atoms with Crippen LogP contribution in [0.2, 0.25) is 5.15 Å². The van der Waals surface area contributed by atoms with E-state index in [0.29, 0.717) is 10.8 Å². The number of carbonyl (C=O) groups excluding carboxylic acids is 1. The van der Waals surface area contributed by atoms with Gasteiger partial charge in [-0.05, 0) is 66.9 Å². The molecule has 0 spiro atoms. The zero-order valence-corrected chi connectivity index (χ0v) is 15.7. The van der Waals surface area contributed by atoms with Crippen LogP contribution in [0.3, 0.4) is 0 Å². The van der Waals surface area contributed by atoms with Crippen molar-refractivity contribution in [3.8, 4) is 11.1 Å². The number of carbonyl (C=O) groups is 1. The van der Waals surface area contributed by atoms with Gasteiger partial charge >= 0.3 is 6.18 Å². The summed E-state index contributed by atoms with van der Waals surface area (Å²) in [6, 6.07) is 10.7. The Labute approximate surface area is 164 Å². The Kier molecular flexibility index (Phi) is 5.38. The fourth-order valence-electron chi connectivity index (χ4n) is 2.72. The van der Waals surface area contributed by atoms with Crippen molar-refractivity contribution in [3.05, 3.63) is 76.3 Å². The number of nitrogens with one attached hydrogen (secondary N) is 1. The first-order chi connectivity index (χ1) is 13.1. The van der Waals surface area contributed by atoms with E-state index in [4.69, 9.17) is 11.6 Å². The maximum atomic E-state index is 12.8. The molecule has 28 heavy (non-hydrogen) atoms. The Bertz CT molecular complexity index is 1030. The molecule has 0 saturated carbocycles. The van der Waals surface area contributed by atoms with Crippen molar-refractivity contribution >= 4 is 23.2 Å². The first-order valence-electron chi connectivity index (χ1n) is 8.23. The van der Waals surface area contributed by atoms with Crippen molar-refractivity contribution in [1.82, 2.24) is 9.97 Å². The molecule has 1 aromatic carbocycles. The molecule has 0 aliphatic carbocycles. The Hall–Kier alpha value is -2.93. The molecule has 0 unspecified atom stereocenters. The number of anilines is 1. The zero-order chi connectivity index (χ0) is 20.5. The van der Waals surface area contributed by atoms with E-state index in [9.17, 15) is 18.0 Å². The molecule has 0 aliphatic rings. The predicted octanol–water partition coefficient (Wildman–Crippen LogP) is 5.68. The number of pyridine rings is 2. The van der Waals surface area contributed by atoms with E-state index in [-0.39, 0.29) is 5.56 Å². The van der Waals surface area contributed by atoms with Crippen molar-refractivity contribution in [2.24, 2.45) is 0 Å². The highest BCUT2D eigenvalue weighted by Crippen LogP contribution is 2.30. The van der Waals surface area contributed by atoms with Gasteiger partial charge < -0.3 is 5.32 Å². The highest BCUT2D eigenvalue weighted by Gasteiger charge is 2.32. The second kappa shape index (κ2) is 7.59. The number of hydrogen-bond donors (Lipinski definition) is 1. The Morgan fingerprint density at radius 3 is 2.50 bits per heavy atom. The van der Waals surface area contributed by atoms with Crippen LogP contribution < -0.4 is 5.32 Å². The summed E-state index contributed by atoms with van der Waals surface area (Å²) < 4.78 is 38.4. The minimum absolute atomic E-state index is 0.132. The van der Waals surface area contributed by atoms with Crippen LogP contribution in [-0.4, -0.2) is 15.9 Å². The predicted molar refractivity (Wildman–Crippen MR) is 101 cm³/mol. The van der Waals surface area contributed by atoms with Gasteiger partial charge in [-0.3, -0.25) is 9.78 Å². The molecule has 2 aromatic heterocycles. The normalized spacial score (nSPS) is 11.4. The molecular formula is C20H15ClF3N3O. The molecule has 1 amide bonds. The van der Waals surface area contributed by atoms with Gasteiger partial charge in [0.2, 0.25) is 0 Å². The summed E-state index contributed by atoms with van der Waals surface area (Å²) in [5.41, 5.74) is 2.54. The largest absolute Gasteiger partial charge is 0.433 e. The van der Waals surface area contributed by atoms with Crippen LogP contribution >= 0.6 is 11.6 Å². The van der Waals surface area contributed by atoms with E-state index in [1.54, 1.807) is 18.2 Å². The topological polar surface area (TPSA) is 54.9 Å². The average Bonchev–Trinajstić information content (AvgIpc) is 2.62. The standard InChI is InChI=1S/C20H15ClF3N3O/c1-11-3-4-15(10-16(11)14-7-12(2)26-18(21)9-14)27-19(28)13-5-6-25-17(8-13)20(22,23)24/h3-10H,1-2H3,(H,27,28). The second-order valence-electron chi connectivity index (χ2n) is 6.23. The van der Waals surface area contributed by atoms with E-state index < -0.39 is 17.8 Å². The Morgan fingerprint density at radius 1 is 1.07 bits per heavy atom. The number of nitrogens with zero attached hydrogens (tertiary/aromatic N) is 2. The van der Waals surface area contributed by atoms with Gasteiger partial charge in [0.15, 0.2) is 0 Å². The van der Waals surface area contributed by atoms with Gasteiger partial charge in [0.25, 0.3) is 5.91 Å². The maximum Gasteiger partial charge on any atom is 0.433 e. The highest BCUT2D eigenvalue weighted by atomic mass is 35.5. The van der Waals surface area contributed by atoms with Gasteiger partial charge in [0, 0.05) is 23.1 Å². The van der Waals surface area contributed by atoms with Crippen LogP contribution in [0.15, 0.2) is 48.7 Å². The lowest BCUT2D eigenvalue weighted by atomic mass is 10.00. The van der Waals surface area contributed by atoms with E-state index in [0.717, 1.165) is 34.6 Å². The highest BCUT2D eigenvalue weighted by molar-refractivity contribution is 6.29. The van der Waals surface area contributed by atoms with Crippen molar-refractivity contribution in [2.75, 3.05) is 5.32 Å². The number of amides is 1. The van der Waals surface area contributed by atoms with Crippen LogP contribution in [0, 0.1) is 13.8 Å². The van der Waals surface area contributed by atoms with Gasteiger partial charge in [-0.2, -0.15) is 13.2 Å². The summed E-state index contributed by atoms with van der Waals surface area (Å²) in [6.07, 6.45) is -3.66. The van der Waals surface area contributed by atoms with E-state index in [1.807, 2.05) is 26.0 Å². The van der Waals surface area contributed by atoms with Crippen LogP contribution in [0.1, 0.15) is 27.3 Å². The number of alkyl halides is 3. The SMILES string of the molecule is Cc1cc(-c2cc(NC(=O)c3ccnc(C(F)(F)F)c3)ccc2C)cc(Cl)n1. The van der Waals surface area contributed by atoms with Crippen molar-refractivity contribution in [1.29, 1.82) is 0 Å². The molecule has 8 heteroatoms. The molecule has 3 rings (SSSR count). The van der Waals surface area contributed by atoms with Gasteiger partial charge in [-0.15, -0.1) is 0 Å². The summed E-state index contributed by atoms with van der Waals surface area (Å²) in [4.78, 5) is 19.8. The zero-order valence-electron chi connectivity index (χ0n) is 14.9. The van der Waals surface area contributed by atoms with Crippen molar-refractivity contribution in [2.45, 2.75) is 20.0 Å². The van der Waals surface area contributed by atoms with Gasteiger partial charge in [0.05, 0.1) is 0 Å². The summed E-state index contributed by atoms with van der Waals surface area (Å²) in [5, 5.41) is 2.97. The molecule has 0 atom stereocenters. The second-order valence-corrected chi connectivity index (χ2v) is 6.62. The lowest BCUT2D eigenvalue weighted by Crippen LogP contribution is -2.15. The number of aryl methyl sites for hydroxylation is 2. The molecule has 0 radical (unpaired) electrons. The third-order valence-electron chi connectivity index (χ3n) is 4.04. The molecule has 144 valence electrons. The van der Waals surface area contributed by atoms with E-state index in [2.05, 4.69) is 15.3 Å². The molecule has 3 aromatic rings. The van der Waals surface area contributed by atoms with Crippen LogP contribution in [0.5, 0.6) is 0 Å². The fraction of sp³-hybridized carbons (Fsp3) is 0.150. The van der Waals surface area contributed by atoms with Crippen LogP contribution in [0.4, 0.5) is 18.9 Å². The lowest BCUT2D eigenvalue weighted by Gasteiger charge is -2.12. The average molecular weight is 406 g/mol. The molecule has 2 heterocycles. The number of benzene rings is 1. The number of hydrogen-bond acceptors (Lipinski definition) is 3. The fourth-order valence-corrected chi connectivity index (χ4v) is 2.98. The first kappa shape index (κ1) is 19.8. The first-order valence-corrected chi connectivity index (χ1v) is 8.61. The van der Waals surface area contributed by atoms with Crippen LogP contribution in [0.25, 0.3) is 11.1 Å². The third kappa shape index (κ3) is 4.48. The minimum Gasteiger partial charge on any atom is -0.322 e. The molecule has 0 fully saturated rings. The van der Waals surface area contributed by atoms with Gasteiger partial charge in [0.1, 0.15) is 10.8 Å². The molecule has 1 N–H and O–H groups in total. The third-order valence-corrected chi connectivity index (χ3v) is 4.23. The number of aromatic nitrogens is 2. The quantitative estimate of drug-likeness (QED) is 0.570. The molecule has 4 nitrogen and oxygen atoms in total. The monoisotopic (exact) mass is 405 g/mol.